The average Bonchev–Trinajstić information content (AvgIpc) is 2.70. The van der Waals surface area contributed by atoms with Gasteiger partial charge in [0.05, 0.1) is 12.6 Å². The molecule has 0 aliphatic carbocycles. The molecule has 1 amide bonds. The molecule has 1 fully saturated rings. The molecule has 1 aliphatic heterocycles. The van der Waals surface area contributed by atoms with Gasteiger partial charge in [-0.25, -0.2) is 4.79 Å². The van der Waals surface area contributed by atoms with Gasteiger partial charge < -0.3 is 9.84 Å². The van der Waals surface area contributed by atoms with E-state index in [1.807, 2.05) is 6.07 Å². The Morgan fingerprint density at radius 2 is 2.44 bits per heavy atom. The maximum absolute atomic E-state index is 11.6. The molecule has 0 bridgehead atoms. The van der Waals surface area contributed by atoms with Crippen LogP contribution in [0.15, 0.2) is 24.5 Å². The van der Waals surface area contributed by atoms with Gasteiger partial charge in [-0.2, -0.15) is 0 Å². The Morgan fingerprint density at radius 3 is 3.11 bits per heavy atom. The highest BCUT2D eigenvalue weighted by atomic mass is 16.6. The lowest BCUT2D eigenvalue weighted by Gasteiger charge is -2.20. The van der Waals surface area contributed by atoms with E-state index in [0.717, 1.165) is 5.56 Å². The van der Waals surface area contributed by atoms with Crippen LogP contribution in [0.2, 0.25) is 0 Å². The van der Waals surface area contributed by atoms with Crippen molar-refractivity contribution in [2.24, 2.45) is 0 Å². The molecule has 1 unspecified atom stereocenters. The van der Waals surface area contributed by atoms with Gasteiger partial charge in [0.25, 0.3) is 0 Å². The molecule has 1 N–H and O–H groups in total. The molecule has 2 heterocycles. The van der Waals surface area contributed by atoms with Crippen molar-refractivity contribution in [1.82, 2.24) is 9.88 Å². The summed E-state index contributed by atoms with van der Waals surface area (Å²) in [5.41, 5.74) is 0.900. The molecule has 18 heavy (non-hydrogen) atoms. The third kappa shape index (κ3) is 2.97. The molecule has 0 aromatic carbocycles. The minimum Gasteiger partial charge on any atom is -0.481 e. The second-order valence-electron chi connectivity index (χ2n) is 4.15. The van der Waals surface area contributed by atoms with Crippen molar-refractivity contribution in [3.05, 3.63) is 30.1 Å². The zero-order valence-corrected chi connectivity index (χ0v) is 9.78. The van der Waals surface area contributed by atoms with E-state index in [1.54, 1.807) is 23.4 Å². The molecule has 1 saturated heterocycles. The van der Waals surface area contributed by atoms with Crippen LogP contribution in [-0.4, -0.2) is 39.7 Å². The topological polar surface area (TPSA) is 79.7 Å². The third-order valence-corrected chi connectivity index (χ3v) is 2.84. The first-order valence-corrected chi connectivity index (χ1v) is 5.71. The Bertz CT molecular complexity index is 435. The van der Waals surface area contributed by atoms with E-state index in [1.165, 1.54) is 0 Å². The smallest absolute Gasteiger partial charge is 0.410 e. The van der Waals surface area contributed by atoms with Crippen molar-refractivity contribution >= 4 is 12.1 Å². The number of rotatable bonds is 5. The number of carbonyl (C=O) groups excluding carboxylic acids is 1. The summed E-state index contributed by atoms with van der Waals surface area (Å²) in [6.07, 6.45) is 3.38. The van der Waals surface area contributed by atoms with E-state index in [0.29, 0.717) is 13.0 Å². The van der Waals surface area contributed by atoms with E-state index in [-0.39, 0.29) is 19.1 Å². The first kappa shape index (κ1) is 12.3. The number of hydrogen-bond acceptors (Lipinski definition) is 4. The molecule has 1 aliphatic rings. The molecule has 2 rings (SSSR count). The lowest BCUT2D eigenvalue weighted by atomic mass is 10.1. The number of amides is 1. The van der Waals surface area contributed by atoms with Crippen molar-refractivity contribution in [3.63, 3.8) is 0 Å². The maximum Gasteiger partial charge on any atom is 0.410 e. The number of carboxylic acids is 1. The first-order valence-electron chi connectivity index (χ1n) is 5.71. The van der Waals surface area contributed by atoms with E-state index < -0.39 is 12.1 Å². The molecule has 1 atom stereocenters. The summed E-state index contributed by atoms with van der Waals surface area (Å²) in [6.45, 7) is 0.656. The van der Waals surface area contributed by atoms with Gasteiger partial charge in [-0.3, -0.25) is 14.7 Å². The minimum atomic E-state index is -0.865. The van der Waals surface area contributed by atoms with Gasteiger partial charge in [0, 0.05) is 18.8 Å². The van der Waals surface area contributed by atoms with Crippen LogP contribution in [0, 0.1) is 0 Å². The van der Waals surface area contributed by atoms with Crippen LogP contribution >= 0.6 is 0 Å². The predicted molar refractivity (Wildman–Crippen MR) is 61.8 cm³/mol. The standard InChI is InChI=1S/C12H14N2O4/c15-11(16)4-3-10-8-18-12(17)14(10)7-9-2-1-5-13-6-9/h1-2,5-6,10H,3-4,7-8H2,(H,15,16). The largest absolute Gasteiger partial charge is 0.481 e. The Balaban J connectivity index is 1.99. The van der Waals surface area contributed by atoms with Crippen molar-refractivity contribution in [2.45, 2.75) is 25.4 Å². The number of pyridine rings is 1. The molecular weight excluding hydrogens is 236 g/mol. The van der Waals surface area contributed by atoms with Crippen molar-refractivity contribution in [3.8, 4) is 0 Å². The monoisotopic (exact) mass is 250 g/mol. The van der Waals surface area contributed by atoms with Gasteiger partial charge in [0.1, 0.15) is 6.61 Å². The Morgan fingerprint density at radius 1 is 1.61 bits per heavy atom. The zero-order valence-electron chi connectivity index (χ0n) is 9.78. The van der Waals surface area contributed by atoms with Crippen LogP contribution in [0.4, 0.5) is 4.79 Å². The van der Waals surface area contributed by atoms with Gasteiger partial charge in [-0.05, 0) is 18.1 Å². The average molecular weight is 250 g/mol. The second-order valence-corrected chi connectivity index (χ2v) is 4.15. The van der Waals surface area contributed by atoms with E-state index >= 15 is 0 Å². The van der Waals surface area contributed by atoms with Crippen LogP contribution in [0.1, 0.15) is 18.4 Å². The number of aromatic nitrogens is 1. The highest BCUT2D eigenvalue weighted by molar-refractivity contribution is 5.70. The van der Waals surface area contributed by atoms with Crippen LogP contribution in [0.25, 0.3) is 0 Å². The molecule has 6 nitrogen and oxygen atoms in total. The predicted octanol–water partition coefficient (Wildman–Crippen LogP) is 1.27. The van der Waals surface area contributed by atoms with Crippen LogP contribution < -0.4 is 0 Å². The fraction of sp³-hybridized carbons (Fsp3) is 0.417. The number of ether oxygens (including phenoxy) is 1. The fourth-order valence-corrected chi connectivity index (χ4v) is 1.90. The highest BCUT2D eigenvalue weighted by Crippen LogP contribution is 2.19. The number of hydrogen-bond donors (Lipinski definition) is 1. The van der Waals surface area contributed by atoms with Crippen molar-refractivity contribution < 1.29 is 19.4 Å². The van der Waals surface area contributed by atoms with Crippen LogP contribution in [-0.2, 0) is 16.1 Å². The lowest BCUT2D eigenvalue weighted by molar-refractivity contribution is -0.137. The quantitative estimate of drug-likeness (QED) is 0.851. The van der Waals surface area contributed by atoms with Crippen LogP contribution in [0.3, 0.4) is 0 Å². The number of nitrogens with zero attached hydrogens (tertiary/aromatic N) is 2. The number of carbonyl (C=O) groups is 2. The fourth-order valence-electron chi connectivity index (χ4n) is 1.90. The number of cyclic esters (lactones) is 1. The molecule has 1 aromatic heterocycles. The molecular formula is C12H14N2O4. The summed E-state index contributed by atoms with van der Waals surface area (Å²) in [4.78, 5) is 27.7. The Hall–Kier alpha value is -2.11. The van der Waals surface area contributed by atoms with Gasteiger partial charge >= 0.3 is 12.1 Å². The summed E-state index contributed by atoms with van der Waals surface area (Å²) < 4.78 is 4.96. The van der Waals surface area contributed by atoms with E-state index in [2.05, 4.69) is 4.98 Å². The Kier molecular flexibility index (Phi) is 3.76. The molecule has 0 radical (unpaired) electrons. The van der Waals surface area contributed by atoms with Crippen molar-refractivity contribution in [2.75, 3.05) is 6.61 Å². The van der Waals surface area contributed by atoms with Crippen molar-refractivity contribution in [1.29, 1.82) is 0 Å². The van der Waals surface area contributed by atoms with Crippen LogP contribution in [0.5, 0.6) is 0 Å². The minimum absolute atomic E-state index is 0.0326. The van der Waals surface area contributed by atoms with E-state index in [4.69, 9.17) is 9.84 Å². The number of carboxylic acid groups (broad SMARTS) is 1. The third-order valence-electron chi connectivity index (χ3n) is 2.84. The zero-order chi connectivity index (χ0) is 13.0. The second kappa shape index (κ2) is 5.48. The molecule has 1 aromatic rings. The summed E-state index contributed by atoms with van der Waals surface area (Å²) in [5, 5.41) is 8.66. The van der Waals surface area contributed by atoms with Gasteiger partial charge in [0.15, 0.2) is 0 Å². The van der Waals surface area contributed by atoms with Gasteiger partial charge in [0.2, 0.25) is 0 Å². The SMILES string of the molecule is O=C(O)CCC1COC(=O)N1Cc1cccnc1. The Labute approximate surface area is 104 Å². The summed E-state index contributed by atoms with van der Waals surface area (Å²) >= 11 is 0. The lowest BCUT2D eigenvalue weighted by Crippen LogP contribution is -2.33. The molecule has 96 valence electrons. The normalized spacial score (nSPS) is 18.8. The molecule has 6 heteroatoms. The highest BCUT2D eigenvalue weighted by Gasteiger charge is 2.32. The first-order chi connectivity index (χ1) is 8.66. The van der Waals surface area contributed by atoms with Gasteiger partial charge in [-0.1, -0.05) is 6.07 Å². The summed E-state index contributed by atoms with van der Waals surface area (Å²) in [5.74, 6) is -0.865. The number of aliphatic carboxylic acids is 1. The summed E-state index contributed by atoms with van der Waals surface area (Å²) in [7, 11) is 0. The van der Waals surface area contributed by atoms with E-state index in [9.17, 15) is 9.59 Å². The van der Waals surface area contributed by atoms with Gasteiger partial charge in [-0.15, -0.1) is 0 Å². The molecule has 0 spiro atoms. The molecule has 0 saturated carbocycles. The summed E-state index contributed by atoms with van der Waals surface area (Å²) in [6, 6.07) is 3.49. The maximum atomic E-state index is 11.6.